The van der Waals surface area contributed by atoms with Crippen molar-refractivity contribution in [3.63, 3.8) is 0 Å². The number of halogens is 1. The number of hydrogen-bond donors (Lipinski definition) is 1. The van der Waals surface area contributed by atoms with Gasteiger partial charge in [0.1, 0.15) is 0 Å². The highest BCUT2D eigenvalue weighted by Crippen LogP contribution is 2.30. The second kappa shape index (κ2) is 10.4. The van der Waals surface area contributed by atoms with Crippen LogP contribution < -0.4 is 5.56 Å². The fourth-order valence-electron chi connectivity index (χ4n) is 3.72. The molecular formula is C21H26INO3S. The van der Waals surface area contributed by atoms with Gasteiger partial charge in [0.05, 0.1) is 6.10 Å². The van der Waals surface area contributed by atoms with Crippen molar-refractivity contribution in [2.24, 2.45) is 5.92 Å². The molecule has 146 valence electrons. The smallest absolute Gasteiger partial charge is 0.251 e. The molecule has 0 spiro atoms. The molecule has 1 saturated carbocycles. The van der Waals surface area contributed by atoms with Crippen molar-refractivity contribution in [3.05, 3.63) is 45.2 Å². The number of fused-ring (bicyclic) bond motifs is 1. The molecule has 0 unspecified atom stereocenters. The van der Waals surface area contributed by atoms with Crippen molar-refractivity contribution in [3.8, 4) is 0 Å². The third-order valence-electron chi connectivity index (χ3n) is 5.29. The summed E-state index contributed by atoms with van der Waals surface area (Å²) in [6, 6.07) is 5.78. The van der Waals surface area contributed by atoms with E-state index in [0.29, 0.717) is 12.5 Å². The maximum Gasteiger partial charge on any atom is 0.251 e. The van der Waals surface area contributed by atoms with Crippen LogP contribution in [0.1, 0.15) is 54.1 Å². The van der Waals surface area contributed by atoms with Crippen LogP contribution in [0.3, 0.4) is 0 Å². The van der Waals surface area contributed by atoms with Crippen molar-refractivity contribution >= 4 is 54.9 Å². The number of aromatic nitrogens is 1. The van der Waals surface area contributed by atoms with Crippen molar-refractivity contribution in [2.75, 3.05) is 7.11 Å². The second-order valence-corrected chi connectivity index (χ2v) is 8.60. The molecule has 0 bridgehead atoms. The molecule has 1 aliphatic carbocycles. The molecule has 0 atom stereocenters. The number of Topliss-reactive ketones (excluding diaryl/α,β-unsaturated/α-hetero) is 1. The summed E-state index contributed by atoms with van der Waals surface area (Å²) in [4.78, 5) is 27.9. The fourth-order valence-corrected chi connectivity index (χ4v) is 3.72. The molecule has 3 rings (SSSR count). The summed E-state index contributed by atoms with van der Waals surface area (Å²) in [7, 11) is 1.74. The molecule has 1 aliphatic rings. The molecular weight excluding hydrogens is 473 g/mol. The molecule has 6 heteroatoms. The molecule has 0 aliphatic heterocycles. The Hall–Kier alpha value is -1.12. The number of hydrogen-bond acceptors (Lipinski definition) is 4. The highest BCUT2D eigenvalue weighted by atomic mass is 127. The summed E-state index contributed by atoms with van der Waals surface area (Å²) in [5, 5.41) is 0.936. The minimum Gasteiger partial charge on any atom is -0.381 e. The Balaban J connectivity index is 0.000000817. The van der Waals surface area contributed by atoms with E-state index in [1.807, 2.05) is 54.6 Å². The maximum absolute atomic E-state index is 13.0. The van der Waals surface area contributed by atoms with Gasteiger partial charge in [-0.2, -0.15) is 0 Å². The van der Waals surface area contributed by atoms with E-state index in [4.69, 9.17) is 4.74 Å². The number of aromatic amines is 1. The van der Waals surface area contributed by atoms with Gasteiger partial charge < -0.3 is 9.72 Å². The summed E-state index contributed by atoms with van der Waals surface area (Å²) in [5.41, 5.74) is 3.24. The molecule has 4 nitrogen and oxygen atoms in total. The number of H-pyrrole nitrogens is 1. The van der Waals surface area contributed by atoms with Crippen LogP contribution in [-0.4, -0.2) is 27.4 Å². The quantitative estimate of drug-likeness (QED) is 0.273. The van der Waals surface area contributed by atoms with E-state index in [1.165, 1.54) is 0 Å². The van der Waals surface area contributed by atoms with Crippen molar-refractivity contribution in [1.29, 1.82) is 0 Å². The van der Waals surface area contributed by atoms with Gasteiger partial charge >= 0.3 is 0 Å². The molecule has 0 amide bonds. The number of pyridine rings is 1. The number of thiocarbonyl (C=S) groups is 1. The number of methoxy groups -OCH3 is 1. The topological polar surface area (TPSA) is 59.2 Å². The van der Waals surface area contributed by atoms with Gasteiger partial charge in [-0.25, -0.2) is 0 Å². The lowest BCUT2D eigenvalue weighted by atomic mass is 9.81. The molecule has 1 aromatic carbocycles. The summed E-state index contributed by atoms with van der Waals surface area (Å²) >= 11 is 6.23. The van der Waals surface area contributed by atoms with E-state index in [2.05, 4.69) is 17.2 Å². The van der Waals surface area contributed by atoms with E-state index < -0.39 is 0 Å². The zero-order valence-corrected chi connectivity index (χ0v) is 19.0. The van der Waals surface area contributed by atoms with Crippen LogP contribution in [0.5, 0.6) is 0 Å². The largest absolute Gasteiger partial charge is 0.381 e. The highest BCUT2D eigenvalue weighted by Gasteiger charge is 2.27. The average Bonchev–Trinajstić information content (AvgIpc) is 2.67. The standard InChI is InChI=1S/C20H25NO3.CHIS/c1-4-13-10-15-11-17(12(2)9-18(15)21-20(13)23)19(22)14-5-7-16(24-3)8-6-14;2-1-3/h9-11,14,16H,4-8H2,1-3H3,(H,21,23);1H. The molecule has 27 heavy (non-hydrogen) atoms. The predicted octanol–water partition coefficient (Wildman–Crippen LogP) is 5.17. The van der Waals surface area contributed by atoms with Crippen molar-refractivity contribution in [2.45, 2.75) is 52.1 Å². The van der Waals surface area contributed by atoms with Crippen LogP contribution in [0.2, 0.25) is 0 Å². The van der Waals surface area contributed by atoms with Crippen LogP contribution in [0.15, 0.2) is 23.0 Å². The van der Waals surface area contributed by atoms with Crippen LogP contribution in [0.4, 0.5) is 0 Å². The third kappa shape index (κ3) is 5.45. The zero-order valence-electron chi connectivity index (χ0n) is 16.0. The maximum atomic E-state index is 13.0. The monoisotopic (exact) mass is 499 g/mol. The number of aryl methyl sites for hydroxylation is 2. The van der Waals surface area contributed by atoms with Crippen LogP contribution in [0, 0.1) is 12.8 Å². The molecule has 1 aromatic heterocycles. The number of carbonyl (C=O) groups is 1. The Morgan fingerprint density at radius 2 is 1.93 bits per heavy atom. The summed E-state index contributed by atoms with van der Waals surface area (Å²) in [5.74, 6) is 0.314. The van der Waals surface area contributed by atoms with E-state index in [9.17, 15) is 9.59 Å². The Kier molecular flexibility index (Phi) is 8.57. The normalized spacial score (nSPS) is 19.3. The number of carbonyl (C=O) groups excluding carboxylic acids is 1. The van der Waals surface area contributed by atoms with E-state index in [1.54, 1.807) is 10.5 Å². The average molecular weight is 499 g/mol. The van der Waals surface area contributed by atoms with Gasteiger partial charge in [-0.3, -0.25) is 9.59 Å². The highest BCUT2D eigenvalue weighted by molar-refractivity contribution is 14.1. The number of rotatable bonds is 4. The number of ketones is 1. The molecule has 0 radical (unpaired) electrons. The SMILES string of the molecule is CCc1cc2cc(C(=O)C3CCC(OC)CC3)c(C)cc2[nH]c1=O.S=CI. The lowest BCUT2D eigenvalue weighted by Crippen LogP contribution is -2.26. The van der Waals surface area contributed by atoms with Gasteiger partial charge in [0, 0.05) is 33.0 Å². The molecule has 1 heterocycles. The Labute approximate surface area is 179 Å². The Bertz CT molecular complexity index is 870. The Morgan fingerprint density at radius 1 is 1.30 bits per heavy atom. The first-order valence-corrected chi connectivity index (χ1v) is 10.9. The zero-order chi connectivity index (χ0) is 20.0. The first-order chi connectivity index (χ1) is 12.9. The number of benzene rings is 1. The second-order valence-electron chi connectivity index (χ2n) is 6.89. The minimum absolute atomic E-state index is 0.0404. The summed E-state index contributed by atoms with van der Waals surface area (Å²) in [6.07, 6.45) is 4.66. The number of ether oxygens (including phenoxy) is 1. The van der Waals surface area contributed by atoms with Gasteiger partial charge in [-0.05, 0) is 90.8 Å². The molecule has 1 fully saturated rings. The molecule has 1 N–H and O–H groups in total. The van der Waals surface area contributed by atoms with Crippen LogP contribution in [0.25, 0.3) is 10.9 Å². The first-order valence-electron chi connectivity index (χ1n) is 9.22. The molecule has 0 saturated heterocycles. The number of nitrogens with one attached hydrogen (secondary N) is 1. The summed E-state index contributed by atoms with van der Waals surface area (Å²) in [6.45, 7) is 3.91. The lowest BCUT2D eigenvalue weighted by molar-refractivity contribution is 0.0519. The minimum atomic E-state index is -0.0404. The fraction of sp³-hybridized carbons (Fsp3) is 0.476. The van der Waals surface area contributed by atoms with Gasteiger partial charge in [0.25, 0.3) is 5.56 Å². The van der Waals surface area contributed by atoms with Gasteiger partial charge in [0.15, 0.2) is 5.78 Å². The van der Waals surface area contributed by atoms with Crippen LogP contribution >= 0.6 is 34.8 Å². The predicted molar refractivity (Wildman–Crippen MR) is 123 cm³/mol. The lowest BCUT2D eigenvalue weighted by Gasteiger charge is -2.27. The molecule has 2 aromatic rings. The van der Waals surface area contributed by atoms with E-state index in [0.717, 1.165) is 53.3 Å². The Morgan fingerprint density at radius 3 is 2.48 bits per heavy atom. The van der Waals surface area contributed by atoms with Crippen molar-refractivity contribution < 1.29 is 9.53 Å². The summed E-state index contributed by atoms with van der Waals surface area (Å²) < 4.78 is 6.95. The van der Waals surface area contributed by atoms with Crippen LogP contribution in [-0.2, 0) is 11.2 Å². The van der Waals surface area contributed by atoms with Gasteiger partial charge in [-0.15, -0.1) is 0 Å². The van der Waals surface area contributed by atoms with E-state index >= 15 is 0 Å². The van der Waals surface area contributed by atoms with Gasteiger partial charge in [-0.1, -0.05) is 19.1 Å². The first kappa shape index (κ1) is 22.2. The third-order valence-corrected chi connectivity index (χ3v) is 5.29. The van der Waals surface area contributed by atoms with E-state index in [-0.39, 0.29) is 17.3 Å². The van der Waals surface area contributed by atoms with Crippen molar-refractivity contribution in [1.82, 2.24) is 4.98 Å². The van der Waals surface area contributed by atoms with Gasteiger partial charge in [0.2, 0.25) is 0 Å².